The molecule has 1 aliphatic carbocycles. The average molecular weight is 457 g/mol. The van der Waals surface area contributed by atoms with E-state index in [0.717, 1.165) is 0 Å². The highest BCUT2D eigenvalue weighted by Crippen LogP contribution is 2.35. The van der Waals surface area contributed by atoms with Crippen molar-refractivity contribution < 1.29 is 37.0 Å². The molecule has 0 spiro atoms. The molecule has 2 heterocycles. The van der Waals surface area contributed by atoms with Gasteiger partial charge in [-0.25, -0.2) is 14.2 Å². The maximum Gasteiger partial charge on any atom is 0.490 e. The number of ether oxygens (including phenoxy) is 1. The van der Waals surface area contributed by atoms with Crippen molar-refractivity contribution in [2.45, 2.75) is 25.1 Å². The number of rotatable bonds is 4. The van der Waals surface area contributed by atoms with Gasteiger partial charge in [-0.05, 0) is 37.1 Å². The predicted molar refractivity (Wildman–Crippen MR) is 103 cm³/mol. The molecule has 0 aliphatic heterocycles. The van der Waals surface area contributed by atoms with Crippen LogP contribution in [0.5, 0.6) is 5.75 Å². The maximum absolute atomic E-state index is 13.8. The number of pyridine rings is 1. The van der Waals surface area contributed by atoms with Gasteiger partial charge in [0.2, 0.25) is 5.91 Å². The van der Waals surface area contributed by atoms with Gasteiger partial charge < -0.3 is 15.2 Å². The van der Waals surface area contributed by atoms with Crippen molar-refractivity contribution in [3.8, 4) is 5.75 Å². The van der Waals surface area contributed by atoms with Crippen molar-refractivity contribution in [2.24, 2.45) is 5.92 Å². The number of carboxylic acid groups (broad SMARTS) is 1. The Morgan fingerprint density at radius 3 is 2.48 bits per heavy atom. The van der Waals surface area contributed by atoms with Crippen molar-refractivity contribution in [3.63, 3.8) is 0 Å². The van der Waals surface area contributed by atoms with Gasteiger partial charge in [0.15, 0.2) is 5.13 Å². The molecule has 1 fully saturated rings. The Morgan fingerprint density at radius 1 is 1.16 bits per heavy atom. The summed E-state index contributed by atoms with van der Waals surface area (Å²) in [6, 6.07) is 6.34. The third-order valence-corrected chi connectivity index (χ3v) is 5.03. The van der Waals surface area contributed by atoms with Crippen LogP contribution >= 0.6 is 11.3 Å². The van der Waals surface area contributed by atoms with Crippen molar-refractivity contribution in [1.29, 1.82) is 0 Å². The Morgan fingerprint density at radius 2 is 1.87 bits per heavy atom. The molecule has 0 radical (unpaired) electrons. The number of nitrogens with one attached hydrogen (secondary N) is 1. The highest BCUT2D eigenvalue weighted by atomic mass is 32.1. The highest BCUT2D eigenvalue weighted by molar-refractivity contribution is 7.13. The molecule has 1 aliphatic rings. The van der Waals surface area contributed by atoms with Crippen LogP contribution in [0.4, 0.5) is 22.7 Å². The van der Waals surface area contributed by atoms with Crippen LogP contribution in [0.15, 0.2) is 42.0 Å². The minimum atomic E-state index is -5.08. The second-order valence-electron chi connectivity index (χ2n) is 6.48. The number of fused-ring (bicyclic) bond motifs is 1. The van der Waals surface area contributed by atoms with Crippen LogP contribution < -0.4 is 10.1 Å². The van der Waals surface area contributed by atoms with E-state index in [1.165, 1.54) is 17.4 Å². The molecule has 1 aromatic carbocycles. The van der Waals surface area contributed by atoms with E-state index in [0.29, 0.717) is 34.6 Å². The van der Waals surface area contributed by atoms with E-state index in [4.69, 9.17) is 14.6 Å². The molecule has 7 nitrogen and oxygen atoms in total. The first kappa shape index (κ1) is 22.4. The minimum Gasteiger partial charge on any atom is -0.488 e. The van der Waals surface area contributed by atoms with Gasteiger partial charge in [0.25, 0.3) is 0 Å². The smallest absolute Gasteiger partial charge is 0.488 e. The Labute approximate surface area is 176 Å². The fourth-order valence-corrected chi connectivity index (χ4v) is 3.29. The lowest BCUT2D eigenvalue weighted by atomic mass is 9.81. The largest absolute Gasteiger partial charge is 0.490 e. The number of thiazole rings is 1. The fourth-order valence-electron chi connectivity index (χ4n) is 2.76. The van der Waals surface area contributed by atoms with Gasteiger partial charge in [-0.2, -0.15) is 13.2 Å². The Hall–Kier alpha value is -3.28. The second-order valence-corrected chi connectivity index (χ2v) is 7.38. The maximum atomic E-state index is 13.8. The number of hydrogen-bond donors (Lipinski definition) is 2. The minimum absolute atomic E-state index is 0.0353. The van der Waals surface area contributed by atoms with Crippen molar-refractivity contribution in [3.05, 3.63) is 47.9 Å². The summed E-state index contributed by atoms with van der Waals surface area (Å²) in [5.74, 6) is -2.64. The lowest BCUT2D eigenvalue weighted by Gasteiger charge is -2.34. The summed E-state index contributed by atoms with van der Waals surface area (Å²) >= 11 is 1.39. The summed E-state index contributed by atoms with van der Waals surface area (Å²) in [5.41, 5.74) is 0.508. The zero-order chi connectivity index (χ0) is 22.6. The third-order valence-electron chi connectivity index (χ3n) is 4.34. The summed E-state index contributed by atoms with van der Waals surface area (Å²) in [4.78, 5) is 29.2. The molecule has 2 aromatic heterocycles. The molecule has 2 N–H and O–H groups in total. The van der Waals surface area contributed by atoms with Crippen molar-refractivity contribution in [2.75, 3.05) is 5.32 Å². The van der Waals surface area contributed by atoms with Crippen LogP contribution in [0.2, 0.25) is 0 Å². The number of hydrogen-bond acceptors (Lipinski definition) is 6. The number of nitrogens with zero attached hydrogens (tertiary/aromatic N) is 2. The molecule has 4 rings (SSSR count). The van der Waals surface area contributed by atoms with E-state index in [-0.39, 0.29) is 23.7 Å². The standard InChI is InChI=1S/C17H14FN3O2S.C2HF3O2/c18-13-3-4-14(15-12(13)2-1-5-19-15)23-11-8-10(9-11)16(22)21-17-20-6-7-24-17;3-2(4,5)1(6)7/h1-7,10-11H,8-9H2,(H,20,21,22);(H,6,7). The number of amides is 1. The zero-order valence-corrected chi connectivity index (χ0v) is 16.4. The Bertz CT molecular complexity index is 1070. The topological polar surface area (TPSA) is 101 Å². The normalized spacial score (nSPS) is 17.8. The average Bonchev–Trinajstić information content (AvgIpc) is 3.18. The Kier molecular flexibility index (Phi) is 6.68. The number of halogens is 4. The van der Waals surface area contributed by atoms with Gasteiger partial charge in [-0.1, -0.05) is 0 Å². The molecule has 0 bridgehead atoms. The summed E-state index contributed by atoms with van der Waals surface area (Å²) in [6.07, 6.45) is -0.627. The number of anilines is 1. The SMILES string of the molecule is O=C(Nc1nccs1)C1CC(Oc2ccc(F)c3cccnc23)C1.O=C(O)C(F)(F)F. The highest BCUT2D eigenvalue weighted by Gasteiger charge is 2.38. The van der Waals surface area contributed by atoms with Crippen LogP contribution in [0.3, 0.4) is 0 Å². The summed E-state index contributed by atoms with van der Waals surface area (Å²) in [5, 5.41) is 12.8. The Balaban J connectivity index is 0.000000339. The van der Waals surface area contributed by atoms with E-state index in [9.17, 15) is 22.4 Å². The monoisotopic (exact) mass is 457 g/mol. The quantitative estimate of drug-likeness (QED) is 0.568. The van der Waals surface area contributed by atoms with Gasteiger partial charge in [0.05, 0.1) is 0 Å². The summed E-state index contributed by atoms with van der Waals surface area (Å²) in [6.45, 7) is 0. The van der Waals surface area contributed by atoms with E-state index < -0.39 is 12.1 Å². The molecule has 0 saturated heterocycles. The van der Waals surface area contributed by atoms with E-state index in [1.54, 1.807) is 30.6 Å². The van der Waals surface area contributed by atoms with Gasteiger partial charge in [0.1, 0.15) is 23.2 Å². The number of carbonyl (C=O) groups is 2. The van der Waals surface area contributed by atoms with Crippen LogP contribution in [-0.4, -0.2) is 39.2 Å². The van der Waals surface area contributed by atoms with Crippen molar-refractivity contribution >= 4 is 39.2 Å². The van der Waals surface area contributed by atoms with E-state index >= 15 is 0 Å². The molecule has 0 atom stereocenters. The van der Waals surface area contributed by atoms with E-state index in [1.807, 2.05) is 5.38 Å². The number of carboxylic acids is 1. The lowest BCUT2D eigenvalue weighted by Crippen LogP contribution is -2.40. The van der Waals surface area contributed by atoms with Crippen LogP contribution in [0.1, 0.15) is 12.8 Å². The number of carbonyl (C=O) groups excluding carboxylic acids is 1. The molecule has 12 heteroatoms. The summed E-state index contributed by atoms with van der Waals surface area (Å²) < 4.78 is 51.4. The molecule has 1 saturated carbocycles. The molecular formula is C19H15F4N3O4S. The molecule has 0 unspecified atom stereocenters. The summed E-state index contributed by atoms with van der Waals surface area (Å²) in [7, 11) is 0. The first-order valence-electron chi connectivity index (χ1n) is 8.85. The molecular weight excluding hydrogens is 442 g/mol. The first-order chi connectivity index (χ1) is 14.6. The first-order valence-corrected chi connectivity index (χ1v) is 9.73. The lowest BCUT2D eigenvalue weighted by molar-refractivity contribution is -0.192. The molecule has 164 valence electrons. The van der Waals surface area contributed by atoms with Gasteiger partial charge in [0, 0.05) is 29.1 Å². The van der Waals surface area contributed by atoms with Gasteiger partial charge in [-0.15, -0.1) is 11.3 Å². The number of benzene rings is 1. The number of aromatic nitrogens is 2. The number of alkyl halides is 3. The van der Waals surface area contributed by atoms with Crippen LogP contribution in [0.25, 0.3) is 10.9 Å². The van der Waals surface area contributed by atoms with Gasteiger partial charge >= 0.3 is 12.1 Å². The second kappa shape index (κ2) is 9.25. The fraction of sp³-hybridized carbons (Fsp3) is 0.263. The predicted octanol–water partition coefficient (Wildman–Crippen LogP) is 4.26. The number of aliphatic carboxylic acids is 1. The zero-order valence-electron chi connectivity index (χ0n) is 15.6. The van der Waals surface area contributed by atoms with Crippen molar-refractivity contribution in [1.82, 2.24) is 9.97 Å². The van der Waals surface area contributed by atoms with Crippen LogP contribution in [-0.2, 0) is 9.59 Å². The van der Waals surface area contributed by atoms with E-state index in [2.05, 4.69) is 15.3 Å². The van der Waals surface area contributed by atoms with Gasteiger partial charge in [-0.3, -0.25) is 9.78 Å². The molecule has 31 heavy (non-hydrogen) atoms. The van der Waals surface area contributed by atoms with Crippen LogP contribution in [0, 0.1) is 11.7 Å². The molecule has 3 aromatic rings. The third kappa shape index (κ3) is 5.66. The molecule has 1 amide bonds.